The van der Waals surface area contributed by atoms with Crippen LogP contribution < -0.4 is 0 Å². The summed E-state index contributed by atoms with van der Waals surface area (Å²) in [6.07, 6.45) is -4.52. The van der Waals surface area contributed by atoms with Crippen molar-refractivity contribution in [1.29, 1.82) is 0 Å². The lowest BCUT2D eigenvalue weighted by molar-refractivity contribution is -0.147. The largest absolute Gasteiger partial charge is 0.478 e. The van der Waals surface area contributed by atoms with Gasteiger partial charge in [0, 0.05) is 13.2 Å². The number of aryl methyl sites for hydroxylation is 1. The van der Waals surface area contributed by atoms with E-state index < -0.39 is 18.0 Å². The monoisotopic (exact) mass is 288 g/mol. The van der Waals surface area contributed by atoms with Crippen LogP contribution in [0.25, 0.3) is 11.0 Å². The van der Waals surface area contributed by atoms with E-state index in [4.69, 9.17) is 10.2 Å². The number of aliphatic hydroxyl groups is 1. The molecular weight excluding hydrogens is 277 g/mol. The molecule has 5 nitrogen and oxygen atoms in total. The van der Waals surface area contributed by atoms with E-state index in [1.807, 2.05) is 0 Å². The van der Waals surface area contributed by atoms with Crippen LogP contribution in [-0.2, 0) is 12.7 Å². The number of carboxylic acid groups (broad SMARTS) is 1. The topological polar surface area (TPSA) is 75.3 Å². The van der Waals surface area contributed by atoms with Crippen molar-refractivity contribution in [2.24, 2.45) is 0 Å². The van der Waals surface area contributed by atoms with Crippen molar-refractivity contribution < 1.29 is 28.2 Å². The average Bonchev–Trinajstić information content (AvgIpc) is 2.73. The van der Waals surface area contributed by atoms with E-state index in [2.05, 4.69) is 4.98 Å². The molecule has 2 aromatic rings. The zero-order chi connectivity index (χ0) is 14.9. The Morgan fingerprint density at radius 2 is 2.05 bits per heavy atom. The third kappa shape index (κ3) is 2.60. The number of imidazole rings is 1. The maximum Gasteiger partial charge on any atom is 0.449 e. The second kappa shape index (κ2) is 5.12. The first kappa shape index (κ1) is 14.3. The van der Waals surface area contributed by atoms with E-state index in [1.165, 1.54) is 12.1 Å². The summed E-state index contributed by atoms with van der Waals surface area (Å²) in [6, 6.07) is 3.59. The van der Waals surface area contributed by atoms with Crippen LogP contribution in [0.4, 0.5) is 13.2 Å². The summed E-state index contributed by atoms with van der Waals surface area (Å²) in [5.74, 6) is -2.32. The van der Waals surface area contributed by atoms with Crippen LogP contribution >= 0.6 is 0 Å². The molecule has 0 spiro atoms. The molecule has 1 aromatic heterocycles. The Balaban J connectivity index is 2.65. The fraction of sp³-hybridized carbons (Fsp3) is 0.333. The van der Waals surface area contributed by atoms with Gasteiger partial charge in [0.1, 0.15) is 0 Å². The first-order valence-corrected chi connectivity index (χ1v) is 5.76. The molecule has 0 bridgehead atoms. The van der Waals surface area contributed by atoms with Gasteiger partial charge in [-0.15, -0.1) is 0 Å². The van der Waals surface area contributed by atoms with Crippen LogP contribution in [0.1, 0.15) is 22.6 Å². The molecule has 0 aliphatic heterocycles. The highest BCUT2D eigenvalue weighted by molar-refractivity contribution is 5.92. The maximum atomic E-state index is 12.9. The second-order valence-corrected chi connectivity index (χ2v) is 4.17. The first-order chi connectivity index (χ1) is 9.34. The highest BCUT2D eigenvalue weighted by Crippen LogP contribution is 2.32. The summed E-state index contributed by atoms with van der Waals surface area (Å²) >= 11 is 0. The number of carboxylic acids is 1. The minimum Gasteiger partial charge on any atom is -0.478 e. The van der Waals surface area contributed by atoms with Crippen LogP contribution in [0.15, 0.2) is 18.2 Å². The van der Waals surface area contributed by atoms with Crippen molar-refractivity contribution in [2.45, 2.75) is 19.1 Å². The van der Waals surface area contributed by atoms with Gasteiger partial charge in [-0.3, -0.25) is 0 Å². The van der Waals surface area contributed by atoms with Gasteiger partial charge in [0.15, 0.2) is 0 Å². The van der Waals surface area contributed by atoms with E-state index in [-0.39, 0.29) is 36.2 Å². The Morgan fingerprint density at radius 1 is 1.35 bits per heavy atom. The lowest BCUT2D eigenvalue weighted by atomic mass is 10.2. The lowest BCUT2D eigenvalue weighted by Gasteiger charge is -2.10. The minimum atomic E-state index is -4.64. The highest BCUT2D eigenvalue weighted by Gasteiger charge is 2.37. The zero-order valence-corrected chi connectivity index (χ0v) is 10.2. The van der Waals surface area contributed by atoms with E-state index in [1.54, 1.807) is 0 Å². The number of hydrogen-bond donors (Lipinski definition) is 2. The number of nitrogens with zero attached hydrogens (tertiary/aromatic N) is 2. The predicted molar refractivity (Wildman–Crippen MR) is 63.4 cm³/mol. The van der Waals surface area contributed by atoms with Crippen LogP contribution in [0.5, 0.6) is 0 Å². The Morgan fingerprint density at radius 3 is 2.60 bits per heavy atom. The molecule has 1 heterocycles. The van der Waals surface area contributed by atoms with Gasteiger partial charge < -0.3 is 14.8 Å². The van der Waals surface area contributed by atoms with E-state index in [0.29, 0.717) is 0 Å². The standard InChI is InChI=1S/C12H11F3N2O3/c13-12(14,15)11-16-8-3-2-7(10(19)20)6-9(8)17(11)4-1-5-18/h2-3,6,18H,1,4-5H2,(H,19,20). The fourth-order valence-corrected chi connectivity index (χ4v) is 1.93. The van der Waals surface area contributed by atoms with Crippen molar-refractivity contribution in [1.82, 2.24) is 9.55 Å². The molecule has 2 rings (SSSR count). The normalized spacial score (nSPS) is 12.0. The summed E-state index contributed by atoms with van der Waals surface area (Å²) in [5.41, 5.74) is 0.0438. The minimum absolute atomic E-state index is 0.0697. The molecule has 1 aromatic carbocycles. The van der Waals surface area contributed by atoms with Crippen molar-refractivity contribution >= 4 is 17.0 Å². The van der Waals surface area contributed by atoms with Gasteiger partial charge >= 0.3 is 12.1 Å². The molecule has 0 saturated heterocycles. The smallest absolute Gasteiger partial charge is 0.449 e. The number of rotatable bonds is 4. The number of benzene rings is 1. The molecule has 0 radical (unpaired) electrons. The number of halogens is 3. The summed E-state index contributed by atoms with van der Waals surface area (Å²) in [7, 11) is 0. The number of aromatic nitrogens is 2. The Hall–Kier alpha value is -2.09. The molecule has 0 fully saturated rings. The van der Waals surface area contributed by atoms with E-state index in [0.717, 1.165) is 10.6 Å². The molecule has 0 aliphatic carbocycles. The number of aromatic carboxylic acids is 1. The summed E-state index contributed by atoms with van der Waals surface area (Å²) in [6.45, 7) is -0.361. The number of carbonyl (C=O) groups is 1. The van der Waals surface area contributed by atoms with Crippen LogP contribution in [-0.4, -0.2) is 32.3 Å². The fourth-order valence-electron chi connectivity index (χ4n) is 1.93. The van der Waals surface area contributed by atoms with Crippen molar-refractivity contribution in [2.75, 3.05) is 6.61 Å². The summed E-state index contributed by atoms with van der Waals surface area (Å²) < 4.78 is 39.6. The molecule has 0 atom stereocenters. The predicted octanol–water partition coefficient (Wildman–Crippen LogP) is 2.14. The molecule has 0 amide bonds. The first-order valence-electron chi connectivity index (χ1n) is 5.76. The molecule has 108 valence electrons. The molecule has 20 heavy (non-hydrogen) atoms. The van der Waals surface area contributed by atoms with E-state index in [9.17, 15) is 18.0 Å². The quantitative estimate of drug-likeness (QED) is 0.903. The maximum absolute atomic E-state index is 12.9. The van der Waals surface area contributed by atoms with Crippen molar-refractivity contribution in [3.63, 3.8) is 0 Å². The van der Waals surface area contributed by atoms with Gasteiger partial charge in [0.25, 0.3) is 0 Å². The van der Waals surface area contributed by atoms with Crippen molar-refractivity contribution in [3.05, 3.63) is 29.6 Å². The van der Waals surface area contributed by atoms with Crippen LogP contribution in [0.3, 0.4) is 0 Å². The van der Waals surface area contributed by atoms with Crippen molar-refractivity contribution in [3.8, 4) is 0 Å². The second-order valence-electron chi connectivity index (χ2n) is 4.17. The number of alkyl halides is 3. The van der Waals surface area contributed by atoms with Gasteiger partial charge in [0.05, 0.1) is 16.6 Å². The summed E-state index contributed by atoms with van der Waals surface area (Å²) in [4.78, 5) is 14.4. The molecule has 0 unspecified atom stereocenters. The van der Waals surface area contributed by atoms with Gasteiger partial charge in [-0.05, 0) is 24.6 Å². The SMILES string of the molecule is O=C(O)c1ccc2nc(C(F)(F)F)n(CCCO)c2c1. The Kier molecular flexibility index (Phi) is 3.67. The van der Waals surface area contributed by atoms with Gasteiger partial charge in [-0.2, -0.15) is 13.2 Å². The molecular formula is C12H11F3N2O3. The number of aliphatic hydroxyl groups excluding tert-OH is 1. The third-order valence-electron chi connectivity index (χ3n) is 2.79. The van der Waals surface area contributed by atoms with E-state index >= 15 is 0 Å². The molecule has 0 aliphatic rings. The highest BCUT2D eigenvalue weighted by atomic mass is 19.4. The molecule has 8 heteroatoms. The third-order valence-corrected chi connectivity index (χ3v) is 2.79. The zero-order valence-electron chi connectivity index (χ0n) is 10.2. The Labute approximate surface area is 111 Å². The lowest BCUT2D eigenvalue weighted by Crippen LogP contribution is -2.15. The van der Waals surface area contributed by atoms with Crippen LogP contribution in [0.2, 0.25) is 0 Å². The van der Waals surface area contributed by atoms with Gasteiger partial charge in [0.2, 0.25) is 5.82 Å². The molecule has 0 saturated carbocycles. The number of hydrogen-bond acceptors (Lipinski definition) is 3. The Bertz CT molecular complexity index is 649. The number of fused-ring (bicyclic) bond motifs is 1. The average molecular weight is 288 g/mol. The van der Waals surface area contributed by atoms with Gasteiger partial charge in [-0.25, -0.2) is 9.78 Å². The van der Waals surface area contributed by atoms with Gasteiger partial charge in [-0.1, -0.05) is 0 Å². The molecule has 2 N–H and O–H groups in total. The van der Waals surface area contributed by atoms with Crippen LogP contribution in [0, 0.1) is 0 Å². The summed E-state index contributed by atoms with van der Waals surface area (Å²) in [5, 5.41) is 17.7.